The molecule has 24 heavy (non-hydrogen) atoms. The number of nitrogens with one attached hydrogen (secondary N) is 1. The zero-order valence-corrected chi connectivity index (χ0v) is 13.6. The molecule has 1 saturated carbocycles. The first-order valence-corrected chi connectivity index (χ1v) is 7.90. The number of nitrogens with zero attached hydrogens (tertiary/aromatic N) is 2. The second-order valence-electron chi connectivity index (χ2n) is 6.62. The maximum Gasteiger partial charge on any atom is 0.329 e. The van der Waals surface area contributed by atoms with E-state index in [4.69, 9.17) is 0 Å². The third-order valence-electron chi connectivity index (χ3n) is 4.13. The van der Waals surface area contributed by atoms with Gasteiger partial charge >= 0.3 is 5.97 Å². The molecule has 0 atom stereocenters. The zero-order chi connectivity index (χ0) is 17.5. The molecule has 3 rings (SSSR count). The Hall–Kier alpha value is -2.70. The molecule has 0 aliphatic heterocycles. The van der Waals surface area contributed by atoms with Gasteiger partial charge in [-0.1, -0.05) is 32.0 Å². The first kappa shape index (κ1) is 16.2. The van der Waals surface area contributed by atoms with Crippen molar-refractivity contribution in [3.05, 3.63) is 40.3 Å². The Balaban J connectivity index is 2.09. The van der Waals surface area contributed by atoms with Crippen LogP contribution in [0.2, 0.25) is 0 Å². The summed E-state index contributed by atoms with van der Waals surface area (Å²) in [5.41, 5.74) is -1.37. The Morgan fingerprint density at radius 1 is 1.29 bits per heavy atom. The normalized spacial score (nSPS) is 15.5. The molecule has 1 aliphatic rings. The summed E-state index contributed by atoms with van der Waals surface area (Å²) >= 11 is 0. The van der Waals surface area contributed by atoms with Crippen molar-refractivity contribution in [2.45, 2.75) is 38.8 Å². The monoisotopic (exact) mass is 329 g/mol. The van der Waals surface area contributed by atoms with Gasteiger partial charge in [-0.15, -0.1) is 0 Å². The largest absolute Gasteiger partial charge is 0.480 e. The first-order valence-electron chi connectivity index (χ1n) is 7.90. The van der Waals surface area contributed by atoms with E-state index >= 15 is 0 Å². The number of carboxylic acids is 1. The van der Waals surface area contributed by atoms with E-state index in [0.29, 0.717) is 30.2 Å². The van der Waals surface area contributed by atoms with Gasteiger partial charge in [0, 0.05) is 11.9 Å². The highest BCUT2D eigenvalue weighted by Gasteiger charge is 2.52. The van der Waals surface area contributed by atoms with E-state index in [1.165, 1.54) is 4.68 Å². The maximum absolute atomic E-state index is 12.6. The van der Waals surface area contributed by atoms with Gasteiger partial charge in [0.1, 0.15) is 5.54 Å². The number of benzene rings is 1. The lowest BCUT2D eigenvalue weighted by Gasteiger charge is -2.15. The summed E-state index contributed by atoms with van der Waals surface area (Å²) < 4.78 is 1.28. The van der Waals surface area contributed by atoms with Gasteiger partial charge < -0.3 is 10.4 Å². The summed E-state index contributed by atoms with van der Waals surface area (Å²) in [4.78, 5) is 36.4. The van der Waals surface area contributed by atoms with Crippen LogP contribution < -0.4 is 10.9 Å². The van der Waals surface area contributed by atoms with E-state index in [2.05, 4.69) is 10.4 Å². The van der Waals surface area contributed by atoms with E-state index in [9.17, 15) is 19.5 Å². The van der Waals surface area contributed by atoms with Crippen LogP contribution in [0.5, 0.6) is 0 Å². The molecule has 1 aromatic carbocycles. The van der Waals surface area contributed by atoms with Crippen molar-refractivity contribution in [2.24, 2.45) is 5.92 Å². The third kappa shape index (κ3) is 2.77. The lowest BCUT2D eigenvalue weighted by molar-refractivity contribution is -0.140. The Bertz CT molecular complexity index is 881. The number of fused-ring (bicyclic) bond motifs is 1. The molecule has 0 saturated heterocycles. The Morgan fingerprint density at radius 2 is 1.92 bits per heavy atom. The van der Waals surface area contributed by atoms with Gasteiger partial charge in [-0.2, -0.15) is 5.10 Å². The summed E-state index contributed by atoms with van der Waals surface area (Å²) in [6, 6.07) is 6.75. The average molecular weight is 329 g/mol. The molecule has 7 nitrogen and oxygen atoms in total. The Labute approximate surface area is 138 Å². The van der Waals surface area contributed by atoms with Gasteiger partial charge in [-0.25, -0.2) is 9.48 Å². The first-order chi connectivity index (χ1) is 11.3. The van der Waals surface area contributed by atoms with Crippen LogP contribution >= 0.6 is 0 Å². The number of amides is 1. The Morgan fingerprint density at radius 3 is 2.46 bits per heavy atom. The van der Waals surface area contributed by atoms with Gasteiger partial charge in [0.05, 0.1) is 5.39 Å². The van der Waals surface area contributed by atoms with Crippen molar-refractivity contribution in [3.8, 4) is 0 Å². The molecule has 2 N–H and O–H groups in total. The summed E-state index contributed by atoms with van der Waals surface area (Å²) in [6.45, 7) is 4.29. The van der Waals surface area contributed by atoms with Gasteiger partial charge in [-0.05, 0) is 24.8 Å². The minimum Gasteiger partial charge on any atom is -0.480 e. The minimum absolute atomic E-state index is 0.0818. The quantitative estimate of drug-likeness (QED) is 0.863. The van der Waals surface area contributed by atoms with E-state index in [1.807, 2.05) is 13.8 Å². The van der Waals surface area contributed by atoms with Crippen LogP contribution in [0.1, 0.15) is 37.2 Å². The van der Waals surface area contributed by atoms with Crippen LogP contribution in [0, 0.1) is 5.92 Å². The number of carbonyl (C=O) groups is 2. The second kappa shape index (κ2) is 5.74. The van der Waals surface area contributed by atoms with Crippen LogP contribution in [-0.2, 0) is 11.3 Å². The molecule has 0 spiro atoms. The highest BCUT2D eigenvalue weighted by Crippen LogP contribution is 2.35. The third-order valence-corrected chi connectivity index (χ3v) is 4.13. The van der Waals surface area contributed by atoms with Crippen LogP contribution in [0.3, 0.4) is 0 Å². The smallest absolute Gasteiger partial charge is 0.329 e. The van der Waals surface area contributed by atoms with Gasteiger partial charge in [-0.3, -0.25) is 9.59 Å². The number of aliphatic carboxylic acids is 1. The molecule has 1 aliphatic carbocycles. The molecule has 126 valence electrons. The minimum atomic E-state index is -1.20. The summed E-state index contributed by atoms with van der Waals surface area (Å²) in [5.74, 6) is -1.43. The second-order valence-corrected chi connectivity index (χ2v) is 6.62. The Kier molecular flexibility index (Phi) is 3.87. The molecule has 1 heterocycles. The lowest BCUT2D eigenvalue weighted by Crippen LogP contribution is -2.44. The fraction of sp³-hybridized carbons (Fsp3) is 0.412. The van der Waals surface area contributed by atoms with Crippen molar-refractivity contribution in [1.29, 1.82) is 0 Å². The van der Waals surface area contributed by atoms with Crippen LogP contribution in [0.4, 0.5) is 0 Å². The highest BCUT2D eigenvalue weighted by atomic mass is 16.4. The molecule has 1 fully saturated rings. The van der Waals surface area contributed by atoms with Gasteiger partial charge in [0.2, 0.25) is 0 Å². The van der Waals surface area contributed by atoms with E-state index < -0.39 is 17.4 Å². The standard InChI is InChI=1S/C17H19N3O4/c1-10(2)9-20-15(22)12-6-4-3-5-11(12)13(19-20)14(21)18-17(7-8-17)16(23)24/h3-6,10H,7-9H2,1-2H3,(H,18,21)(H,23,24). The number of aromatic nitrogens is 2. The molecule has 0 unspecified atom stereocenters. The van der Waals surface area contributed by atoms with Crippen molar-refractivity contribution in [2.75, 3.05) is 0 Å². The number of carbonyl (C=O) groups excluding carboxylic acids is 1. The molecule has 1 amide bonds. The van der Waals surface area contributed by atoms with Gasteiger partial charge in [0.15, 0.2) is 5.69 Å². The number of hydrogen-bond donors (Lipinski definition) is 2. The fourth-order valence-electron chi connectivity index (χ4n) is 2.67. The number of rotatable bonds is 5. The average Bonchev–Trinajstić information content (AvgIpc) is 3.30. The maximum atomic E-state index is 12.6. The lowest BCUT2D eigenvalue weighted by atomic mass is 10.1. The summed E-state index contributed by atoms with van der Waals surface area (Å²) in [6.07, 6.45) is 0.801. The van der Waals surface area contributed by atoms with Crippen molar-refractivity contribution in [1.82, 2.24) is 15.1 Å². The zero-order valence-electron chi connectivity index (χ0n) is 13.6. The number of carboxylic acid groups (broad SMARTS) is 1. The highest BCUT2D eigenvalue weighted by molar-refractivity contribution is 6.06. The van der Waals surface area contributed by atoms with E-state index in [-0.39, 0.29) is 17.2 Å². The molecular formula is C17H19N3O4. The van der Waals surface area contributed by atoms with Crippen molar-refractivity contribution < 1.29 is 14.7 Å². The van der Waals surface area contributed by atoms with E-state index in [1.54, 1.807) is 24.3 Å². The van der Waals surface area contributed by atoms with Crippen molar-refractivity contribution >= 4 is 22.6 Å². The number of hydrogen-bond acceptors (Lipinski definition) is 4. The predicted molar refractivity (Wildman–Crippen MR) is 87.9 cm³/mol. The molecule has 2 aromatic rings. The summed E-state index contributed by atoms with van der Waals surface area (Å²) in [5, 5.41) is 16.8. The predicted octanol–water partition coefficient (Wildman–Crippen LogP) is 1.40. The van der Waals surface area contributed by atoms with E-state index in [0.717, 1.165) is 0 Å². The van der Waals surface area contributed by atoms with Crippen LogP contribution in [0.15, 0.2) is 29.1 Å². The molecule has 0 radical (unpaired) electrons. The van der Waals surface area contributed by atoms with Crippen molar-refractivity contribution in [3.63, 3.8) is 0 Å². The molecule has 7 heteroatoms. The summed E-state index contributed by atoms with van der Waals surface area (Å²) in [7, 11) is 0. The van der Waals surface area contributed by atoms with Crippen LogP contribution in [-0.4, -0.2) is 32.3 Å². The topological polar surface area (TPSA) is 101 Å². The SMILES string of the molecule is CC(C)Cn1nc(C(=O)NC2(C(=O)O)CC2)c2ccccc2c1=O. The van der Waals surface area contributed by atoms with Crippen LogP contribution in [0.25, 0.3) is 10.8 Å². The fourth-order valence-corrected chi connectivity index (χ4v) is 2.67. The molecule has 1 aromatic heterocycles. The molecule has 0 bridgehead atoms. The molecular weight excluding hydrogens is 310 g/mol. The van der Waals surface area contributed by atoms with Gasteiger partial charge in [0.25, 0.3) is 11.5 Å².